The molecule has 0 spiro atoms. The van der Waals surface area contributed by atoms with Crippen LogP contribution in [0.5, 0.6) is 11.5 Å². The summed E-state index contributed by atoms with van der Waals surface area (Å²) in [5.41, 5.74) is 0.612. The molecule has 1 fully saturated rings. The predicted octanol–water partition coefficient (Wildman–Crippen LogP) is 3.54. The number of ether oxygens (including phenoxy) is 2. The fraction of sp³-hybridized carbons (Fsp3) is 0.611. The normalized spacial score (nSPS) is 21.1. The lowest BCUT2D eigenvalue weighted by molar-refractivity contribution is -0.0505. The van der Waals surface area contributed by atoms with Crippen LogP contribution < -0.4 is 20.1 Å². The zero-order chi connectivity index (χ0) is 18.2. The van der Waals surface area contributed by atoms with Gasteiger partial charge in [0, 0.05) is 31.3 Å². The third kappa shape index (κ3) is 6.07. The molecule has 1 aliphatic rings. The van der Waals surface area contributed by atoms with E-state index in [1.165, 1.54) is 26.0 Å². The van der Waals surface area contributed by atoms with Crippen molar-refractivity contribution in [3.63, 3.8) is 0 Å². The van der Waals surface area contributed by atoms with Crippen molar-refractivity contribution in [2.45, 2.75) is 51.8 Å². The minimum atomic E-state index is -2.88. The molecule has 1 aromatic rings. The Morgan fingerprint density at radius 2 is 2.16 bits per heavy atom. The van der Waals surface area contributed by atoms with E-state index in [4.69, 9.17) is 4.74 Å². The Morgan fingerprint density at radius 3 is 2.80 bits per heavy atom. The molecule has 0 aliphatic heterocycles. The summed E-state index contributed by atoms with van der Waals surface area (Å²) >= 11 is 0. The second kappa shape index (κ2) is 9.44. The average Bonchev–Trinajstić information content (AvgIpc) is 2.58. The molecule has 1 saturated carbocycles. The topological polar surface area (TPSA) is 54.9 Å². The number of rotatable bonds is 6. The highest BCUT2D eigenvalue weighted by Crippen LogP contribution is 2.26. The molecule has 25 heavy (non-hydrogen) atoms. The van der Waals surface area contributed by atoms with E-state index in [-0.39, 0.29) is 5.75 Å². The summed E-state index contributed by atoms with van der Waals surface area (Å²) in [5.74, 6) is 1.94. The SMILES string of the molecule is CN=C(NCc1ccc(OC)cc1OC(F)F)NC1CCCC(C)C1. The summed E-state index contributed by atoms with van der Waals surface area (Å²) in [6, 6.07) is 5.28. The lowest BCUT2D eigenvalue weighted by atomic mass is 9.87. The number of methoxy groups -OCH3 is 1. The predicted molar refractivity (Wildman–Crippen MR) is 94.4 cm³/mol. The number of benzene rings is 1. The summed E-state index contributed by atoms with van der Waals surface area (Å²) in [5, 5.41) is 6.59. The Bertz CT molecular complexity index is 581. The van der Waals surface area contributed by atoms with Gasteiger partial charge in [0.2, 0.25) is 0 Å². The molecule has 0 radical (unpaired) electrons. The molecular formula is C18H27F2N3O2. The molecule has 2 atom stereocenters. The van der Waals surface area contributed by atoms with Gasteiger partial charge in [0.05, 0.1) is 7.11 Å². The number of halogens is 2. The van der Waals surface area contributed by atoms with Crippen molar-refractivity contribution in [3.8, 4) is 11.5 Å². The van der Waals surface area contributed by atoms with Crippen LogP contribution in [-0.4, -0.2) is 32.8 Å². The van der Waals surface area contributed by atoms with E-state index in [1.54, 1.807) is 19.2 Å². The maximum Gasteiger partial charge on any atom is 0.387 e. The van der Waals surface area contributed by atoms with Gasteiger partial charge in [-0.1, -0.05) is 19.8 Å². The van der Waals surface area contributed by atoms with E-state index in [0.717, 1.165) is 12.8 Å². The molecule has 0 bridgehead atoms. The molecule has 140 valence electrons. The fourth-order valence-corrected chi connectivity index (χ4v) is 3.15. The summed E-state index contributed by atoms with van der Waals surface area (Å²) < 4.78 is 34.9. The van der Waals surface area contributed by atoms with Crippen LogP contribution in [0.15, 0.2) is 23.2 Å². The zero-order valence-corrected chi connectivity index (χ0v) is 15.0. The fourth-order valence-electron chi connectivity index (χ4n) is 3.15. The molecule has 1 aliphatic carbocycles. The minimum Gasteiger partial charge on any atom is -0.497 e. The van der Waals surface area contributed by atoms with E-state index in [9.17, 15) is 8.78 Å². The monoisotopic (exact) mass is 355 g/mol. The van der Waals surface area contributed by atoms with Crippen molar-refractivity contribution in [2.24, 2.45) is 10.9 Å². The van der Waals surface area contributed by atoms with E-state index < -0.39 is 6.61 Å². The summed E-state index contributed by atoms with van der Waals surface area (Å²) in [6.45, 7) is -0.296. The van der Waals surface area contributed by atoms with Crippen LogP contribution in [-0.2, 0) is 6.54 Å². The van der Waals surface area contributed by atoms with Crippen molar-refractivity contribution < 1.29 is 18.3 Å². The van der Waals surface area contributed by atoms with Gasteiger partial charge < -0.3 is 20.1 Å². The lowest BCUT2D eigenvalue weighted by Crippen LogP contribution is -2.44. The number of aliphatic imine (C=N–C) groups is 1. The highest BCUT2D eigenvalue weighted by molar-refractivity contribution is 5.80. The first kappa shape index (κ1) is 19.3. The Hall–Kier alpha value is -2.05. The largest absolute Gasteiger partial charge is 0.497 e. The van der Waals surface area contributed by atoms with Gasteiger partial charge in [-0.25, -0.2) is 0 Å². The van der Waals surface area contributed by atoms with E-state index in [2.05, 4.69) is 27.3 Å². The van der Waals surface area contributed by atoms with Gasteiger partial charge in [0.25, 0.3) is 0 Å². The standard InChI is InChI=1S/C18H27F2N3O2/c1-12-5-4-6-14(9-12)23-18(21-2)22-11-13-7-8-15(24-3)10-16(13)25-17(19)20/h7-8,10,12,14,17H,4-6,9,11H2,1-3H3,(H2,21,22,23). The highest BCUT2D eigenvalue weighted by Gasteiger charge is 2.19. The first-order valence-corrected chi connectivity index (χ1v) is 8.60. The van der Waals surface area contributed by atoms with Gasteiger partial charge in [-0.3, -0.25) is 4.99 Å². The first-order valence-electron chi connectivity index (χ1n) is 8.60. The van der Waals surface area contributed by atoms with Crippen molar-refractivity contribution in [2.75, 3.05) is 14.2 Å². The maximum atomic E-state index is 12.6. The second-order valence-corrected chi connectivity index (χ2v) is 6.39. The van der Waals surface area contributed by atoms with Gasteiger partial charge in [0.15, 0.2) is 5.96 Å². The number of alkyl halides is 2. The Kier molecular flexibility index (Phi) is 7.28. The van der Waals surface area contributed by atoms with Crippen molar-refractivity contribution in [1.82, 2.24) is 10.6 Å². The average molecular weight is 355 g/mol. The summed E-state index contributed by atoms with van der Waals surface area (Å²) in [4.78, 5) is 4.23. The van der Waals surface area contributed by atoms with E-state index >= 15 is 0 Å². The van der Waals surface area contributed by atoms with Crippen LogP contribution >= 0.6 is 0 Å². The first-order chi connectivity index (χ1) is 12.0. The molecule has 0 saturated heterocycles. The van der Waals surface area contributed by atoms with Crippen LogP contribution in [0, 0.1) is 5.92 Å². The molecule has 2 unspecified atom stereocenters. The number of hydrogen-bond acceptors (Lipinski definition) is 3. The van der Waals surface area contributed by atoms with E-state index in [1.807, 2.05) is 0 Å². The number of nitrogens with one attached hydrogen (secondary N) is 2. The van der Waals surface area contributed by atoms with Crippen molar-refractivity contribution in [1.29, 1.82) is 0 Å². The Balaban J connectivity index is 1.98. The third-order valence-electron chi connectivity index (χ3n) is 4.44. The second-order valence-electron chi connectivity index (χ2n) is 6.39. The number of nitrogens with zero attached hydrogens (tertiary/aromatic N) is 1. The Labute approximate surface area is 147 Å². The molecule has 0 aromatic heterocycles. The van der Waals surface area contributed by atoms with Crippen molar-refractivity contribution in [3.05, 3.63) is 23.8 Å². The molecule has 5 nitrogen and oxygen atoms in total. The number of guanidine groups is 1. The van der Waals surface area contributed by atoms with Crippen LogP contribution in [0.4, 0.5) is 8.78 Å². The van der Waals surface area contributed by atoms with Crippen LogP contribution in [0.25, 0.3) is 0 Å². The molecular weight excluding hydrogens is 328 g/mol. The van der Waals surface area contributed by atoms with Crippen molar-refractivity contribution >= 4 is 5.96 Å². The smallest absolute Gasteiger partial charge is 0.387 e. The van der Waals surface area contributed by atoms with Gasteiger partial charge in [-0.15, -0.1) is 0 Å². The summed E-state index contributed by atoms with van der Waals surface area (Å²) in [7, 11) is 3.18. The quantitative estimate of drug-likeness (QED) is 0.605. The van der Waals surface area contributed by atoms with Crippen LogP contribution in [0.2, 0.25) is 0 Å². The highest BCUT2D eigenvalue weighted by atomic mass is 19.3. The van der Waals surface area contributed by atoms with Gasteiger partial charge in [-0.05, 0) is 30.9 Å². The van der Waals surface area contributed by atoms with Gasteiger partial charge in [-0.2, -0.15) is 8.78 Å². The van der Waals surface area contributed by atoms with Gasteiger partial charge in [0.1, 0.15) is 11.5 Å². The molecule has 2 N–H and O–H groups in total. The minimum absolute atomic E-state index is 0.101. The van der Waals surface area contributed by atoms with Crippen LogP contribution in [0.1, 0.15) is 38.2 Å². The molecule has 0 amide bonds. The maximum absolute atomic E-state index is 12.6. The number of hydrogen-bond donors (Lipinski definition) is 2. The molecule has 1 aromatic carbocycles. The van der Waals surface area contributed by atoms with Gasteiger partial charge >= 0.3 is 6.61 Å². The zero-order valence-electron chi connectivity index (χ0n) is 15.0. The Morgan fingerprint density at radius 1 is 1.36 bits per heavy atom. The molecule has 0 heterocycles. The summed E-state index contributed by atoms with van der Waals surface area (Å²) in [6.07, 6.45) is 4.71. The lowest BCUT2D eigenvalue weighted by Gasteiger charge is -2.29. The third-order valence-corrected chi connectivity index (χ3v) is 4.44. The molecule has 7 heteroatoms. The van der Waals surface area contributed by atoms with E-state index in [0.29, 0.717) is 35.8 Å². The molecule has 2 rings (SSSR count). The van der Waals surface area contributed by atoms with Crippen LogP contribution in [0.3, 0.4) is 0 Å².